The summed E-state index contributed by atoms with van der Waals surface area (Å²) in [5.41, 5.74) is 5.27. The van der Waals surface area contributed by atoms with Gasteiger partial charge in [-0.05, 0) is 56.3 Å². The molecule has 5 rings (SSSR count). The van der Waals surface area contributed by atoms with Crippen molar-refractivity contribution in [2.75, 3.05) is 6.54 Å². The minimum Gasteiger partial charge on any atom is -0.306 e. The van der Waals surface area contributed by atoms with E-state index in [9.17, 15) is 4.79 Å². The van der Waals surface area contributed by atoms with Gasteiger partial charge >= 0.3 is 0 Å². The van der Waals surface area contributed by atoms with Crippen molar-refractivity contribution in [3.05, 3.63) is 81.5 Å². The average Bonchev–Trinajstić information content (AvgIpc) is 3.39. The van der Waals surface area contributed by atoms with Gasteiger partial charge in [-0.25, -0.2) is 4.98 Å². The number of pyridine rings is 1. The molecule has 0 amide bonds. The molecule has 2 aliphatic rings. The van der Waals surface area contributed by atoms with Gasteiger partial charge in [0.05, 0.1) is 17.4 Å². The highest BCUT2D eigenvalue weighted by Gasteiger charge is 2.26. The topological polar surface area (TPSA) is 61.9 Å². The summed E-state index contributed by atoms with van der Waals surface area (Å²) < 4.78 is 0. The molecule has 142 valence electrons. The van der Waals surface area contributed by atoms with Gasteiger partial charge in [0.25, 0.3) is 5.56 Å². The minimum atomic E-state index is 0.0249. The highest BCUT2D eigenvalue weighted by molar-refractivity contribution is 5.56. The highest BCUT2D eigenvalue weighted by atomic mass is 16.1. The molecular formula is C23H24N4O. The second-order valence-corrected chi connectivity index (χ2v) is 7.77. The maximum Gasteiger partial charge on any atom is 0.254 e. The molecule has 5 heteroatoms. The molecule has 5 nitrogen and oxygen atoms in total. The van der Waals surface area contributed by atoms with Crippen LogP contribution in [0.15, 0.2) is 53.5 Å². The maximum atomic E-state index is 12.3. The van der Waals surface area contributed by atoms with Crippen molar-refractivity contribution >= 4 is 0 Å². The van der Waals surface area contributed by atoms with E-state index in [2.05, 4.69) is 51.3 Å². The maximum absolute atomic E-state index is 12.3. The first-order chi connectivity index (χ1) is 13.8. The Hall–Kier alpha value is -2.79. The molecule has 1 atom stereocenters. The summed E-state index contributed by atoms with van der Waals surface area (Å²) in [5, 5.41) is 0. The van der Waals surface area contributed by atoms with Crippen molar-refractivity contribution in [1.82, 2.24) is 19.9 Å². The lowest BCUT2D eigenvalue weighted by atomic mass is 10.1. The molecule has 1 N–H and O–H groups in total. The average molecular weight is 372 g/mol. The zero-order valence-electron chi connectivity index (χ0n) is 15.9. The number of H-pyrrole nitrogens is 1. The number of rotatable bonds is 4. The highest BCUT2D eigenvalue weighted by Crippen LogP contribution is 2.32. The van der Waals surface area contributed by atoms with E-state index < -0.39 is 0 Å². The van der Waals surface area contributed by atoms with Gasteiger partial charge in [-0.15, -0.1) is 0 Å². The van der Waals surface area contributed by atoms with E-state index in [4.69, 9.17) is 4.98 Å². The molecule has 3 aromatic rings. The Morgan fingerprint density at radius 3 is 2.79 bits per heavy atom. The molecule has 1 aliphatic heterocycles. The minimum absolute atomic E-state index is 0.0249. The molecular weight excluding hydrogens is 348 g/mol. The van der Waals surface area contributed by atoms with E-state index in [0.717, 1.165) is 61.3 Å². The lowest BCUT2D eigenvalue weighted by Gasteiger charge is -2.24. The van der Waals surface area contributed by atoms with E-state index in [1.807, 2.05) is 12.3 Å². The molecule has 1 saturated heterocycles. The van der Waals surface area contributed by atoms with E-state index in [-0.39, 0.29) is 5.56 Å². The van der Waals surface area contributed by atoms with Gasteiger partial charge < -0.3 is 4.98 Å². The summed E-state index contributed by atoms with van der Waals surface area (Å²) in [6.07, 6.45) is 7.04. The first-order valence-corrected chi connectivity index (χ1v) is 10.1. The van der Waals surface area contributed by atoms with Crippen LogP contribution < -0.4 is 5.56 Å². The van der Waals surface area contributed by atoms with Crippen LogP contribution in [0.3, 0.4) is 0 Å². The number of aryl methyl sites for hydroxylation is 1. The van der Waals surface area contributed by atoms with Crippen molar-refractivity contribution in [3.63, 3.8) is 0 Å². The largest absolute Gasteiger partial charge is 0.306 e. The number of benzene rings is 1. The number of likely N-dealkylation sites (tertiary alicyclic amines) is 1. The monoisotopic (exact) mass is 372 g/mol. The fourth-order valence-electron chi connectivity index (χ4n) is 4.50. The van der Waals surface area contributed by atoms with Crippen LogP contribution in [0.5, 0.6) is 0 Å². The fraction of sp³-hybridized carbons (Fsp3) is 0.348. The smallest absolute Gasteiger partial charge is 0.254 e. The van der Waals surface area contributed by atoms with E-state index >= 15 is 0 Å². The van der Waals surface area contributed by atoms with Crippen molar-refractivity contribution in [2.24, 2.45) is 0 Å². The lowest BCUT2D eigenvalue weighted by Crippen LogP contribution is -2.23. The number of aromatic amines is 1. The summed E-state index contributed by atoms with van der Waals surface area (Å²) in [4.78, 5) is 27.0. The van der Waals surface area contributed by atoms with Crippen molar-refractivity contribution in [2.45, 2.75) is 44.7 Å². The summed E-state index contributed by atoms with van der Waals surface area (Å²) in [5.74, 6) is 0.685. The predicted molar refractivity (Wildman–Crippen MR) is 109 cm³/mol. The van der Waals surface area contributed by atoms with Crippen LogP contribution in [0, 0.1) is 0 Å². The molecule has 1 unspecified atom stereocenters. The van der Waals surface area contributed by atoms with Gasteiger partial charge in [-0.1, -0.05) is 30.3 Å². The van der Waals surface area contributed by atoms with Crippen LogP contribution in [0.1, 0.15) is 47.8 Å². The Morgan fingerprint density at radius 1 is 1.07 bits per heavy atom. The SMILES string of the molecule is O=c1[nH]c(-c2ccc(CN3CCCC3c3ccccn3)cc2)nc2c1CCC2. The standard InChI is InChI=1S/C23H24N4O/c28-23-18-5-3-7-19(18)25-22(26-23)17-11-9-16(10-12-17)15-27-14-4-8-21(27)20-6-1-2-13-24-20/h1-2,6,9-13,21H,3-5,7-8,14-15H2,(H,25,26,28). The van der Waals surface area contributed by atoms with Crippen LogP contribution >= 0.6 is 0 Å². The second kappa shape index (κ2) is 7.32. The first-order valence-electron chi connectivity index (χ1n) is 10.1. The Labute approximate surface area is 164 Å². The molecule has 3 heterocycles. The van der Waals surface area contributed by atoms with Crippen LogP contribution in [0.2, 0.25) is 0 Å². The van der Waals surface area contributed by atoms with Gasteiger partial charge in [-0.2, -0.15) is 0 Å². The molecule has 0 saturated carbocycles. The van der Waals surface area contributed by atoms with Crippen LogP contribution in [0.4, 0.5) is 0 Å². The third-order valence-electron chi connectivity index (χ3n) is 5.95. The van der Waals surface area contributed by atoms with E-state index in [1.54, 1.807) is 0 Å². The molecule has 2 aromatic heterocycles. The Morgan fingerprint density at radius 2 is 1.96 bits per heavy atom. The van der Waals surface area contributed by atoms with Gasteiger partial charge in [-0.3, -0.25) is 14.7 Å². The van der Waals surface area contributed by atoms with Crippen molar-refractivity contribution in [1.29, 1.82) is 0 Å². The van der Waals surface area contributed by atoms with Gasteiger partial charge in [0.1, 0.15) is 5.82 Å². The van der Waals surface area contributed by atoms with Gasteiger partial charge in [0, 0.05) is 23.9 Å². The number of hydrogen-bond acceptors (Lipinski definition) is 4. The van der Waals surface area contributed by atoms with Crippen molar-refractivity contribution < 1.29 is 0 Å². The molecule has 28 heavy (non-hydrogen) atoms. The molecule has 0 bridgehead atoms. The number of aromatic nitrogens is 3. The second-order valence-electron chi connectivity index (χ2n) is 7.77. The number of fused-ring (bicyclic) bond motifs is 1. The zero-order chi connectivity index (χ0) is 18.9. The van der Waals surface area contributed by atoms with Gasteiger partial charge in [0.15, 0.2) is 0 Å². The number of hydrogen-bond donors (Lipinski definition) is 1. The number of nitrogens with zero attached hydrogens (tertiary/aromatic N) is 3. The van der Waals surface area contributed by atoms with Gasteiger partial charge in [0.2, 0.25) is 0 Å². The fourth-order valence-corrected chi connectivity index (χ4v) is 4.50. The van der Waals surface area contributed by atoms with E-state index in [0.29, 0.717) is 11.9 Å². The summed E-state index contributed by atoms with van der Waals surface area (Å²) in [7, 11) is 0. The lowest BCUT2D eigenvalue weighted by molar-refractivity contribution is 0.244. The van der Waals surface area contributed by atoms with Crippen LogP contribution in [-0.2, 0) is 19.4 Å². The molecule has 1 aromatic carbocycles. The summed E-state index contributed by atoms with van der Waals surface area (Å²) in [6.45, 7) is 2.01. The van der Waals surface area contributed by atoms with Crippen molar-refractivity contribution in [3.8, 4) is 11.4 Å². The van der Waals surface area contributed by atoms with Crippen LogP contribution in [-0.4, -0.2) is 26.4 Å². The normalized spacial score (nSPS) is 19.1. The first kappa shape index (κ1) is 17.3. The Kier molecular flexibility index (Phi) is 4.53. The quantitative estimate of drug-likeness (QED) is 0.759. The molecule has 1 fully saturated rings. The molecule has 0 radical (unpaired) electrons. The Balaban J connectivity index is 1.34. The third-order valence-corrected chi connectivity index (χ3v) is 5.95. The summed E-state index contributed by atoms with van der Waals surface area (Å²) in [6, 6.07) is 15.0. The third kappa shape index (κ3) is 3.27. The van der Waals surface area contributed by atoms with E-state index in [1.165, 1.54) is 12.0 Å². The summed E-state index contributed by atoms with van der Waals surface area (Å²) >= 11 is 0. The predicted octanol–water partition coefficient (Wildman–Crippen LogP) is 3.66. The molecule has 0 spiro atoms. The Bertz CT molecular complexity index is 1030. The molecule has 1 aliphatic carbocycles. The van der Waals surface area contributed by atoms with Crippen LogP contribution in [0.25, 0.3) is 11.4 Å². The number of nitrogens with one attached hydrogen (secondary N) is 1. The zero-order valence-corrected chi connectivity index (χ0v) is 15.9.